The zero-order valence-electron chi connectivity index (χ0n) is 16.3. The van der Waals surface area contributed by atoms with E-state index in [2.05, 4.69) is 37.0 Å². The molecule has 0 amide bonds. The predicted molar refractivity (Wildman–Crippen MR) is 106 cm³/mol. The van der Waals surface area contributed by atoms with E-state index in [1.54, 1.807) is 7.11 Å². The molecule has 140 valence electrons. The van der Waals surface area contributed by atoms with E-state index in [1.165, 1.54) is 29.5 Å². The highest BCUT2D eigenvalue weighted by Gasteiger charge is 2.46. The Morgan fingerprint density at radius 3 is 2.52 bits per heavy atom. The minimum absolute atomic E-state index is 0.0406. The lowest BCUT2D eigenvalue weighted by Gasteiger charge is -2.31. The summed E-state index contributed by atoms with van der Waals surface area (Å²) in [5.41, 5.74) is 5.88. The second-order valence-electron chi connectivity index (χ2n) is 8.78. The number of rotatable bonds is 2. The van der Waals surface area contributed by atoms with Gasteiger partial charge in [0.15, 0.2) is 11.5 Å². The average molecular weight is 362 g/mol. The monoisotopic (exact) mass is 362 g/mol. The molecule has 4 heteroatoms. The molecule has 27 heavy (non-hydrogen) atoms. The fourth-order valence-electron chi connectivity index (χ4n) is 5.07. The van der Waals surface area contributed by atoms with Gasteiger partial charge in [0, 0.05) is 35.5 Å². The summed E-state index contributed by atoms with van der Waals surface area (Å²) in [4.78, 5) is 9.36. The molecule has 3 heterocycles. The van der Waals surface area contributed by atoms with Gasteiger partial charge in [0.05, 0.1) is 18.4 Å². The third-order valence-electron chi connectivity index (χ3n) is 6.21. The Hall–Kier alpha value is -2.36. The molecule has 0 saturated heterocycles. The number of hydrogen-bond donors (Lipinski definition) is 0. The molecular weight excluding hydrogens is 336 g/mol. The number of fused-ring (bicyclic) bond motifs is 3. The molecule has 2 aromatic rings. The van der Waals surface area contributed by atoms with E-state index >= 15 is 0 Å². The molecule has 0 bridgehead atoms. The minimum atomic E-state index is -0.143. The summed E-state index contributed by atoms with van der Waals surface area (Å²) in [6, 6.07) is 6.29. The van der Waals surface area contributed by atoms with Crippen molar-refractivity contribution in [3.05, 3.63) is 52.8 Å². The SMILES string of the molecule is COc1cc2c(c3c1OC1(CCCC1)C3)C(c1ccncc1)=NC(C)(C)C2. The first-order chi connectivity index (χ1) is 13.0. The molecule has 1 aromatic carbocycles. The minimum Gasteiger partial charge on any atom is -0.493 e. The van der Waals surface area contributed by atoms with Crippen LogP contribution in [0.3, 0.4) is 0 Å². The van der Waals surface area contributed by atoms with Gasteiger partial charge in [-0.1, -0.05) is 0 Å². The Balaban J connectivity index is 1.74. The normalized spacial score (nSPS) is 21.4. The zero-order chi connectivity index (χ0) is 18.6. The standard InChI is InChI=1S/C23H26N2O2/c1-22(2)13-16-12-18(26-3)21-17(14-23(27-21)8-4-5-9-23)19(16)20(25-22)15-6-10-24-11-7-15/h6-7,10-12H,4-5,8-9,13-14H2,1-3H3. The van der Waals surface area contributed by atoms with Crippen LogP contribution in [0.4, 0.5) is 0 Å². The van der Waals surface area contributed by atoms with Gasteiger partial charge >= 0.3 is 0 Å². The molecule has 0 atom stereocenters. The van der Waals surface area contributed by atoms with Crippen LogP contribution in [0.5, 0.6) is 11.5 Å². The number of ether oxygens (including phenoxy) is 2. The van der Waals surface area contributed by atoms with Gasteiger partial charge in [-0.25, -0.2) is 0 Å². The van der Waals surface area contributed by atoms with Crippen LogP contribution >= 0.6 is 0 Å². The number of hydrogen-bond acceptors (Lipinski definition) is 4. The van der Waals surface area contributed by atoms with Crippen LogP contribution in [0.15, 0.2) is 35.6 Å². The summed E-state index contributed by atoms with van der Waals surface area (Å²) in [6.07, 6.45) is 10.3. The fourth-order valence-corrected chi connectivity index (χ4v) is 5.07. The Labute approximate surface area is 160 Å². The van der Waals surface area contributed by atoms with E-state index in [-0.39, 0.29) is 11.1 Å². The van der Waals surface area contributed by atoms with Crippen molar-refractivity contribution >= 4 is 5.71 Å². The lowest BCUT2D eigenvalue weighted by atomic mass is 9.80. The van der Waals surface area contributed by atoms with Gasteiger partial charge in [-0.15, -0.1) is 0 Å². The number of pyridine rings is 1. The van der Waals surface area contributed by atoms with E-state index in [1.807, 2.05) is 12.4 Å². The van der Waals surface area contributed by atoms with Crippen LogP contribution in [0, 0.1) is 0 Å². The van der Waals surface area contributed by atoms with E-state index in [9.17, 15) is 0 Å². The van der Waals surface area contributed by atoms with Crippen LogP contribution in [0.2, 0.25) is 0 Å². The topological polar surface area (TPSA) is 43.7 Å². The first-order valence-corrected chi connectivity index (χ1v) is 9.93. The Kier molecular flexibility index (Phi) is 3.62. The predicted octanol–water partition coefficient (Wildman–Crippen LogP) is 4.51. The van der Waals surface area contributed by atoms with Crippen molar-refractivity contribution in [3.8, 4) is 11.5 Å². The Morgan fingerprint density at radius 1 is 1.07 bits per heavy atom. The molecule has 2 aliphatic heterocycles. The fraction of sp³-hybridized carbons (Fsp3) is 0.478. The van der Waals surface area contributed by atoms with Gasteiger partial charge in [0.1, 0.15) is 5.60 Å². The summed E-state index contributed by atoms with van der Waals surface area (Å²) in [6.45, 7) is 4.40. The summed E-state index contributed by atoms with van der Waals surface area (Å²) in [5.74, 6) is 1.82. The van der Waals surface area contributed by atoms with E-state index in [0.29, 0.717) is 0 Å². The van der Waals surface area contributed by atoms with Crippen molar-refractivity contribution < 1.29 is 9.47 Å². The van der Waals surface area contributed by atoms with Crippen LogP contribution < -0.4 is 9.47 Å². The van der Waals surface area contributed by atoms with E-state index in [4.69, 9.17) is 14.5 Å². The number of aromatic nitrogens is 1. The van der Waals surface area contributed by atoms with Crippen molar-refractivity contribution in [3.63, 3.8) is 0 Å². The Bertz CT molecular complexity index is 925. The van der Waals surface area contributed by atoms with Crippen molar-refractivity contribution in [2.45, 2.75) is 63.5 Å². The van der Waals surface area contributed by atoms with Gasteiger partial charge in [0.25, 0.3) is 0 Å². The van der Waals surface area contributed by atoms with Crippen molar-refractivity contribution in [2.24, 2.45) is 4.99 Å². The maximum atomic E-state index is 6.59. The lowest BCUT2D eigenvalue weighted by molar-refractivity contribution is 0.0996. The number of methoxy groups -OCH3 is 1. The second-order valence-corrected chi connectivity index (χ2v) is 8.78. The van der Waals surface area contributed by atoms with E-state index < -0.39 is 0 Å². The summed E-state index contributed by atoms with van der Waals surface area (Å²) in [5, 5.41) is 0. The van der Waals surface area contributed by atoms with Gasteiger partial charge < -0.3 is 9.47 Å². The van der Waals surface area contributed by atoms with Crippen LogP contribution in [0.1, 0.15) is 61.8 Å². The third-order valence-corrected chi connectivity index (χ3v) is 6.21. The first-order valence-electron chi connectivity index (χ1n) is 9.93. The number of aliphatic imine (C=N–C) groups is 1. The van der Waals surface area contributed by atoms with Gasteiger partial charge in [-0.2, -0.15) is 0 Å². The van der Waals surface area contributed by atoms with Crippen molar-refractivity contribution in [2.75, 3.05) is 7.11 Å². The molecule has 1 aliphatic carbocycles. The second kappa shape index (κ2) is 5.82. The molecule has 1 fully saturated rings. The van der Waals surface area contributed by atoms with Gasteiger partial charge in [0.2, 0.25) is 0 Å². The molecule has 0 radical (unpaired) electrons. The van der Waals surface area contributed by atoms with E-state index in [0.717, 1.165) is 48.5 Å². The quantitative estimate of drug-likeness (QED) is 0.789. The molecule has 1 saturated carbocycles. The highest BCUT2D eigenvalue weighted by atomic mass is 16.5. The molecule has 0 N–H and O–H groups in total. The summed E-state index contributed by atoms with van der Waals surface area (Å²) < 4.78 is 12.3. The maximum Gasteiger partial charge on any atom is 0.166 e. The number of benzene rings is 1. The van der Waals surface area contributed by atoms with Crippen LogP contribution in [-0.4, -0.2) is 28.9 Å². The maximum absolute atomic E-state index is 6.59. The van der Waals surface area contributed by atoms with Gasteiger partial charge in [-0.05, 0) is 69.7 Å². The van der Waals surface area contributed by atoms with Crippen LogP contribution in [-0.2, 0) is 12.8 Å². The Morgan fingerprint density at radius 2 is 1.81 bits per heavy atom. The molecular formula is C23H26N2O2. The van der Waals surface area contributed by atoms with Crippen molar-refractivity contribution in [1.82, 2.24) is 4.98 Å². The van der Waals surface area contributed by atoms with Crippen molar-refractivity contribution in [1.29, 1.82) is 0 Å². The van der Waals surface area contributed by atoms with Crippen LogP contribution in [0.25, 0.3) is 0 Å². The lowest BCUT2D eigenvalue weighted by Crippen LogP contribution is -2.31. The largest absolute Gasteiger partial charge is 0.493 e. The summed E-state index contributed by atoms with van der Waals surface area (Å²) in [7, 11) is 1.75. The molecule has 1 spiro atoms. The smallest absolute Gasteiger partial charge is 0.166 e. The highest BCUT2D eigenvalue weighted by Crippen LogP contribution is 2.52. The zero-order valence-corrected chi connectivity index (χ0v) is 16.3. The number of nitrogens with zero attached hydrogens (tertiary/aromatic N) is 2. The molecule has 1 aromatic heterocycles. The molecule has 4 nitrogen and oxygen atoms in total. The molecule has 0 unspecified atom stereocenters. The highest BCUT2D eigenvalue weighted by molar-refractivity contribution is 6.16. The first kappa shape index (κ1) is 16.8. The molecule has 3 aliphatic rings. The third kappa shape index (κ3) is 2.65. The summed E-state index contributed by atoms with van der Waals surface area (Å²) >= 11 is 0. The molecule has 5 rings (SSSR count). The van der Waals surface area contributed by atoms with Gasteiger partial charge in [-0.3, -0.25) is 9.98 Å². The average Bonchev–Trinajstić information content (AvgIpc) is 3.27.